The minimum absolute atomic E-state index is 0.0517. The summed E-state index contributed by atoms with van der Waals surface area (Å²) < 4.78 is 1.80. The van der Waals surface area contributed by atoms with Gasteiger partial charge in [0, 0.05) is 44.0 Å². The maximum Gasteiger partial charge on any atom is 0.239 e. The number of carbonyl (C=O) groups is 2. The summed E-state index contributed by atoms with van der Waals surface area (Å²) in [4.78, 5) is 29.0. The highest BCUT2D eigenvalue weighted by Gasteiger charge is 2.19. The maximum atomic E-state index is 12.4. The van der Waals surface area contributed by atoms with Crippen molar-refractivity contribution in [2.24, 2.45) is 0 Å². The van der Waals surface area contributed by atoms with Crippen LogP contribution in [-0.2, 0) is 16.1 Å². The average Bonchev–Trinajstić information content (AvgIpc) is 3.17. The molecule has 1 N–H and O–H groups in total. The standard InChI is InChI=1S/C17H23N5O2S/c1-14(23)21-8-3-7-20(9-10-21)13-17(24)19-16-5-6-18-22(16)12-15-4-2-11-25-15/h2,4-6,11H,3,7-10,12-13H2,1H3,(H,19,24). The smallest absolute Gasteiger partial charge is 0.239 e. The van der Waals surface area contributed by atoms with E-state index >= 15 is 0 Å². The van der Waals surface area contributed by atoms with Crippen LogP contribution in [0.3, 0.4) is 0 Å². The Balaban J connectivity index is 1.53. The summed E-state index contributed by atoms with van der Waals surface area (Å²) >= 11 is 1.67. The first-order chi connectivity index (χ1) is 12.1. The van der Waals surface area contributed by atoms with E-state index < -0.39 is 0 Å². The van der Waals surface area contributed by atoms with E-state index in [4.69, 9.17) is 0 Å². The van der Waals surface area contributed by atoms with Crippen LogP contribution < -0.4 is 5.32 Å². The summed E-state index contributed by atoms with van der Waals surface area (Å²) in [5.74, 6) is 0.756. The molecule has 2 amide bonds. The lowest BCUT2D eigenvalue weighted by atomic mass is 10.3. The van der Waals surface area contributed by atoms with Crippen LogP contribution in [0.15, 0.2) is 29.8 Å². The molecule has 2 aromatic heterocycles. The average molecular weight is 361 g/mol. The fraction of sp³-hybridized carbons (Fsp3) is 0.471. The number of anilines is 1. The summed E-state index contributed by atoms with van der Waals surface area (Å²) in [6, 6.07) is 5.87. The molecular formula is C17H23N5O2S. The lowest BCUT2D eigenvalue weighted by molar-refractivity contribution is -0.128. The quantitative estimate of drug-likeness (QED) is 0.876. The van der Waals surface area contributed by atoms with E-state index in [-0.39, 0.29) is 11.8 Å². The highest BCUT2D eigenvalue weighted by Crippen LogP contribution is 2.14. The van der Waals surface area contributed by atoms with Gasteiger partial charge in [-0.2, -0.15) is 5.10 Å². The molecule has 1 aliphatic heterocycles. The van der Waals surface area contributed by atoms with Gasteiger partial charge in [-0.15, -0.1) is 11.3 Å². The van der Waals surface area contributed by atoms with Crippen molar-refractivity contribution in [2.75, 3.05) is 38.0 Å². The normalized spacial score (nSPS) is 15.8. The van der Waals surface area contributed by atoms with Gasteiger partial charge in [0.25, 0.3) is 0 Å². The van der Waals surface area contributed by atoms with E-state index in [1.807, 2.05) is 22.4 Å². The number of hydrogen-bond donors (Lipinski definition) is 1. The van der Waals surface area contributed by atoms with Crippen molar-refractivity contribution in [2.45, 2.75) is 19.9 Å². The third-order valence-corrected chi connectivity index (χ3v) is 5.13. The van der Waals surface area contributed by atoms with Gasteiger partial charge in [-0.25, -0.2) is 4.68 Å². The number of amides is 2. The van der Waals surface area contributed by atoms with Crippen LogP contribution in [0.25, 0.3) is 0 Å². The summed E-state index contributed by atoms with van der Waals surface area (Å²) in [6.07, 6.45) is 2.59. The molecule has 0 aromatic carbocycles. The molecule has 3 rings (SSSR count). The van der Waals surface area contributed by atoms with Gasteiger partial charge < -0.3 is 10.2 Å². The van der Waals surface area contributed by atoms with Crippen molar-refractivity contribution in [3.05, 3.63) is 34.7 Å². The molecule has 2 aromatic rings. The first-order valence-electron chi connectivity index (χ1n) is 8.44. The summed E-state index contributed by atoms with van der Waals surface area (Å²) in [6.45, 7) is 5.57. The van der Waals surface area contributed by atoms with Crippen molar-refractivity contribution in [3.63, 3.8) is 0 Å². The molecule has 0 radical (unpaired) electrons. The summed E-state index contributed by atoms with van der Waals surface area (Å²) in [7, 11) is 0. The molecule has 7 nitrogen and oxygen atoms in total. The molecule has 0 atom stereocenters. The Morgan fingerprint density at radius 3 is 2.88 bits per heavy atom. The molecule has 3 heterocycles. The Morgan fingerprint density at radius 1 is 1.24 bits per heavy atom. The van der Waals surface area contributed by atoms with Crippen LogP contribution in [0.2, 0.25) is 0 Å². The molecule has 0 unspecified atom stereocenters. The minimum Gasteiger partial charge on any atom is -0.342 e. The van der Waals surface area contributed by atoms with Gasteiger partial charge in [0.1, 0.15) is 5.82 Å². The zero-order valence-electron chi connectivity index (χ0n) is 14.4. The third kappa shape index (κ3) is 4.90. The SMILES string of the molecule is CC(=O)N1CCCN(CC(=O)Nc2ccnn2Cc2cccs2)CC1. The fourth-order valence-corrected chi connectivity index (χ4v) is 3.63. The second-order valence-corrected chi connectivity index (χ2v) is 7.17. The molecular weight excluding hydrogens is 338 g/mol. The van der Waals surface area contributed by atoms with Crippen LogP contribution in [0.4, 0.5) is 5.82 Å². The van der Waals surface area contributed by atoms with Crippen molar-refractivity contribution in [1.82, 2.24) is 19.6 Å². The summed E-state index contributed by atoms with van der Waals surface area (Å²) in [5, 5.41) is 9.26. The highest BCUT2D eigenvalue weighted by molar-refractivity contribution is 7.09. The fourth-order valence-electron chi connectivity index (χ4n) is 2.94. The van der Waals surface area contributed by atoms with Gasteiger partial charge in [-0.3, -0.25) is 14.5 Å². The zero-order chi connectivity index (χ0) is 17.6. The Hall–Kier alpha value is -2.19. The first kappa shape index (κ1) is 17.6. The Morgan fingerprint density at radius 2 is 2.12 bits per heavy atom. The van der Waals surface area contributed by atoms with Crippen molar-refractivity contribution in [1.29, 1.82) is 0 Å². The van der Waals surface area contributed by atoms with Crippen LogP contribution in [0.5, 0.6) is 0 Å². The predicted octanol–water partition coefficient (Wildman–Crippen LogP) is 1.49. The second kappa shape index (κ2) is 8.26. The topological polar surface area (TPSA) is 70.5 Å². The Kier molecular flexibility index (Phi) is 5.83. The van der Waals surface area contributed by atoms with E-state index in [1.165, 1.54) is 4.88 Å². The van der Waals surface area contributed by atoms with Crippen LogP contribution in [0.1, 0.15) is 18.2 Å². The molecule has 1 saturated heterocycles. The number of carbonyl (C=O) groups excluding carboxylic acids is 2. The molecule has 25 heavy (non-hydrogen) atoms. The number of nitrogens with zero attached hydrogens (tertiary/aromatic N) is 4. The van der Waals surface area contributed by atoms with E-state index in [1.54, 1.807) is 29.1 Å². The van der Waals surface area contributed by atoms with Gasteiger partial charge in [-0.05, 0) is 17.9 Å². The minimum atomic E-state index is -0.0517. The number of aromatic nitrogens is 2. The van der Waals surface area contributed by atoms with Crippen LogP contribution in [-0.4, -0.2) is 64.1 Å². The molecule has 0 aliphatic carbocycles. The highest BCUT2D eigenvalue weighted by atomic mass is 32.1. The van der Waals surface area contributed by atoms with Gasteiger partial charge >= 0.3 is 0 Å². The molecule has 0 spiro atoms. The Labute approximate surface area is 151 Å². The molecule has 0 bridgehead atoms. The molecule has 8 heteroatoms. The van der Waals surface area contributed by atoms with Crippen molar-refractivity contribution < 1.29 is 9.59 Å². The second-order valence-electron chi connectivity index (χ2n) is 6.14. The Bertz CT molecular complexity index is 712. The number of thiophene rings is 1. The zero-order valence-corrected chi connectivity index (χ0v) is 15.2. The van der Waals surface area contributed by atoms with Crippen molar-refractivity contribution in [3.8, 4) is 0 Å². The van der Waals surface area contributed by atoms with Gasteiger partial charge in [0.2, 0.25) is 11.8 Å². The lowest BCUT2D eigenvalue weighted by Gasteiger charge is -2.20. The van der Waals surface area contributed by atoms with Gasteiger partial charge in [0.05, 0.1) is 19.3 Å². The molecule has 134 valence electrons. The largest absolute Gasteiger partial charge is 0.342 e. The third-order valence-electron chi connectivity index (χ3n) is 4.27. The van der Waals surface area contributed by atoms with E-state index in [0.717, 1.165) is 26.1 Å². The molecule has 1 fully saturated rings. The summed E-state index contributed by atoms with van der Waals surface area (Å²) in [5.41, 5.74) is 0. The number of rotatable bonds is 5. The van der Waals surface area contributed by atoms with Crippen LogP contribution >= 0.6 is 11.3 Å². The van der Waals surface area contributed by atoms with E-state index in [9.17, 15) is 9.59 Å². The van der Waals surface area contributed by atoms with E-state index in [0.29, 0.717) is 25.5 Å². The van der Waals surface area contributed by atoms with Gasteiger partial charge in [0.15, 0.2) is 0 Å². The monoisotopic (exact) mass is 361 g/mol. The lowest BCUT2D eigenvalue weighted by Crippen LogP contribution is -2.37. The van der Waals surface area contributed by atoms with Gasteiger partial charge in [-0.1, -0.05) is 6.07 Å². The number of hydrogen-bond acceptors (Lipinski definition) is 5. The first-order valence-corrected chi connectivity index (χ1v) is 9.31. The van der Waals surface area contributed by atoms with E-state index in [2.05, 4.69) is 21.4 Å². The van der Waals surface area contributed by atoms with Crippen LogP contribution in [0, 0.1) is 0 Å². The molecule has 1 aliphatic rings. The maximum absolute atomic E-state index is 12.4. The molecule has 0 saturated carbocycles. The number of nitrogens with one attached hydrogen (secondary N) is 1. The predicted molar refractivity (Wildman–Crippen MR) is 97.6 cm³/mol. The van der Waals surface area contributed by atoms with Crippen molar-refractivity contribution >= 4 is 29.0 Å².